The molecule has 96 valence electrons. The Morgan fingerprint density at radius 1 is 1.44 bits per heavy atom. The fourth-order valence-electron chi connectivity index (χ4n) is 3.11. The Morgan fingerprint density at radius 3 is 2.75 bits per heavy atom. The lowest BCUT2D eigenvalue weighted by atomic mass is 9.68. The van der Waals surface area contributed by atoms with Gasteiger partial charge in [-0.05, 0) is 24.7 Å². The first-order valence-corrected chi connectivity index (χ1v) is 6.51. The zero-order valence-corrected chi connectivity index (χ0v) is 11.0. The van der Waals surface area contributed by atoms with E-state index < -0.39 is 0 Å². The minimum Gasteiger partial charge on any atom is -0.394 e. The highest BCUT2D eigenvalue weighted by Crippen LogP contribution is 2.38. The van der Waals surface area contributed by atoms with E-state index in [0.29, 0.717) is 18.4 Å². The van der Waals surface area contributed by atoms with Gasteiger partial charge in [0.05, 0.1) is 13.2 Å². The molecular formula is C13H27NO2. The predicted molar refractivity (Wildman–Crippen MR) is 66.5 cm³/mol. The van der Waals surface area contributed by atoms with Crippen LogP contribution in [0.2, 0.25) is 0 Å². The molecule has 1 rings (SSSR count). The van der Waals surface area contributed by atoms with E-state index in [-0.39, 0.29) is 12.1 Å². The third-order valence-electron chi connectivity index (χ3n) is 3.97. The lowest BCUT2D eigenvalue weighted by Crippen LogP contribution is -2.58. The number of aliphatic hydroxyl groups excluding tert-OH is 1. The maximum Gasteiger partial charge on any atom is 0.0616 e. The van der Waals surface area contributed by atoms with Gasteiger partial charge in [-0.1, -0.05) is 26.7 Å². The smallest absolute Gasteiger partial charge is 0.0616 e. The number of nitrogens with one attached hydrogen (secondary N) is 1. The van der Waals surface area contributed by atoms with Crippen LogP contribution < -0.4 is 5.32 Å². The van der Waals surface area contributed by atoms with E-state index in [1.165, 1.54) is 19.3 Å². The summed E-state index contributed by atoms with van der Waals surface area (Å²) in [6.07, 6.45) is 4.86. The van der Waals surface area contributed by atoms with Gasteiger partial charge in [0.1, 0.15) is 0 Å². The van der Waals surface area contributed by atoms with Gasteiger partial charge in [0.25, 0.3) is 0 Å². The molecule has 0 bridgehead atoms. The minimum absolute atomic E-state index is 0.0645. The van der Waals surface area contributed by atoms with Crippen molar-refractivity contribution in [3.63, 3.8) is 0 Å². The van der Waals surface area contributed by atoms with Gasteiger partial charge in [-0.2, -0.15) is 0 Å². The Labute approximate surface area is 99.6 Å². The lowest BCUT2D eigenvalue weighted by molar-refractivity contribution is 0.0367. The van der Waals surface area contributed by atoms with E-state index in [4.69, 9.17) is 4.74 Å². The van der Waals surface area contributed by atoms with Crippen LogP contribution in [0.25, 0.3) is 0 Å². The molecule has 1 saturated carbocycles. The second-order valence-corrected chi connectivity index (χ2v) is 5.33. The van der Waals surface area contributed by atoms with Crippen molar-refractivity contribution in [3.8, 4) is 0 Å². The fraction of sp³-hybridized carbons (Fsp3) is 1.00. The average Bonchev–Trinajstić information content (AvgIpc) is 2.29. The number of hydrogen-bond donors (Lipinski definition) is 2. The molecule has 0 aliphatic heterocycles. The van der Waals surface area contributed by atoms with Gasteiger partial charge in [-0.3, -0.25) is 0 Å². The number of hydrogen-bond acceptors (Lipinski definition) is 3. The fourth-order valence-corrected chi connectivity index (χ4v) is 3.11. The van der Waals surface area contributed by atoms with Crippen molar-refractivity contribution in [2.45, 2.75) is 45.1 Å². The summed E-state index contributed by atoms with van der Waals surface area (Å²) in [5.74, 6) is 1.21. The minimum atomic E-state index is -0.0645. The molecule has 0 heterocycles. The van der Waals surface area contributed by atoms with Crippen molar-refractivity contribution in [2.75, 3.05) is 26.9 Å². The summed E-state index contributed by atoms with van der Waals surface area (Å²) in [5, 5.41) is 13.3. The summed E-state index contributed by atoms with van der Waals surface area (Å²) in [6, 6.07) is 0. The quantitative estimate of drug-likeness (QED) is 0.682. The summed E-state index contributed by atoms with van der Waals surface area (Å²) < 4.78 is 5.07. The van der Waals surface area contributed by atoms with E-state index >= 15 is 0 Å². The standard InChI is InChI=1S/C13H27NO2/c1-11(2)12-6-4-5-7-13(12,10-15)14-8-9-16-3/h11-12,14-15H,4-10H2,1-3H3. The summed E-state index contributed by atoms with van der Waals surface area (Å²) in [7, 11) is 1.72. The summed E-state index contributed by atoms with van der Waals surface area (Å²) in [5.41, 5.74) is -0.0645. The van der Waals surface area contributed by atoms with Crippen LogP contribution in [-0.2, 0) is 4.74 Å². The highest BCUT2D eigenvalue weighted by molar-refractivity contribution is 4.97. The average molecular weight is 229 g/mol. The summed E-state index contributed by atoms with van der Waals surface area (Å²) >= 11 is 0. The van der Waals surface area contributed by atoms with Gasteiger partial charge in [-0.25, -0.2) is 0 Å². The Bertz CT molecular complexity index is 196. The molecule has 2 unspecified atom stereocenters. The summed E-state index contributed by atoms with van der Waals surface area (Å²) in [4.78, 5) is 0. The highest BCUT2D eigenvalue weighted by atomic mass is 16.5. The topological polar surface area (TPSA) is 41.5 Å². The third kappa shape index (κ3) is 3.19. The molecular weight excluding hydrogens is 202 g/mol. The predicted octanol–water partition coefficient (Wildman–Crippen LogP) is 1.80. The molecule has 16 heavy (non-hydrogen) atoms. The first kappa shape index (κ1) is 13.9. The summed E-state index contributed by atoms with van der Waals surface area (Å²) in [6.45, 7) is 6.32. The molecule has 1 aliphatic carbocycles. The maximum atomic E-state index is 9.76. The normalized spacial score (nSPS) is 30.9. The molecule has 3 heteroatoms. The van der Waals surface area contributed by atoms with E-state index in [1.54, 1.807) is 7.11 Å². The molecule has 3 nitrogen and oxygen atoms in total. The second-order valence-electron chi connectivity index (χ2n) is 5.33. The van der Waals surface area contributed by atoms with Crippen molar-refractivity contribution in [2.24, 2.45) is 11.8 Å². The van der Waals surface area contributed by atoms with Crippen LogP contribution in [0.5, 0.6) is 0 Å². The Hall–Kier alpha value is -0.120. The molecule has 1 fully saturated rings. The first-order valence-electron chi connectivity index (χ1n) is 6.51. The number of aliphatic hydroxyl groups is 1. The van der Waals surface area contributed by atoms with Crippen molar-refractivity contribution in [1.29, 1.82) is 0 Å². The van der Waals surface area contributed by atoms with Crippen molar-refractivity contribution in [1.82, 2.24) is 5.32 Å². The van der Waals surface area contributed by atoms with Gasteiger partial charge >= 0.3 is 0 Å². The Morgan fingerprint density at radius 2 is 2.19 bits per heavy atom. The molecule has 2 N–H and O–H groups in total. The third-order valence-corrected chi connectivity index (χ3v) is 3.97. The number of ether oxygens (including phenoxy) is 1. The molecule has 0 amide bonds. The van der Waals surface area contributed by atoms with E-state index in [1.807, 2.05) is 0 Å². The largest absolute Gasteiger partial charge is 0.394 e. The van der Waals surface area contributed by atoms with E-state index in [9.17, 15) is 5.11 Å². The van der Waals surface area contributed by atoms with Gasteiger partial charge in [0.2, 0.25) is 0 Å². The van der Waals surface area contributed by atoms with Gasteiger partial charge in [0.15, 0.2) is 0 Å². The molecule has 0 aromatic rings. The van der Waals surface area contributed by atoms with Crippen LogP contribution >= 0.6 is 0 Å². The number of methoxy groups -OCH3 is 1. The Kier molecular flexibility index (Phi) is 5.73. The van der Waals surface area contributed by atoms with E-state index in [0.717, 1.165) is 13.0 Å². The second kappa shape index (κ2) is 6.58. The van der Waals surface area contributed by atoms with Crippen LogP contribution in [-0.4, -0.2) is 37.5 Å². The van der Waals surface area contributed by atoms with Gasteiger partial charge in [-0.15, -0.1) is 0 Å². The lowest BCUT2D eigenvalue weighted by Gasteiger charge is -2.46. The monoisotopic (exact) mass is 229 g/mol. The van der Waals surface area contributed by atoms with Gasteiger partial charge in [0, 0.05) is 19.2 Å². The van der Waals surface area contributed by atoms with Crippen LogP contribution in [0, 0.1) is 11.8 Å². The van der Waals surface area contributed by atoms with Crippen molar-refractivity contribution < 1.29 is 9.84 Å². The molecule has 0 aromatic carbocycles. The van der Waals surface area contributed by atoms with Gasteiger partial charge < -0.3 is 15.2 Å². The van der Waals surface area contributed by atoms with Crippen LogP contribution in [0.1, 0.15) is 39.5 Å². The van der Waals surface area contributed by atoms with Crippen LogP contribution in [0.4, 0.5) is 0 Å². The SMILES string of the molecule is COCCNC1(CO)CCCCC1C(C)C. The van der Waals surface area contributed by atoms with E-state index in [2.05, 4.69) is 19.2 Å². The zero-order valence-electron chi connectivity index (χ0n) is 11.0. The highest BCUT2D eigenvalue weighted by Gasteiger charge is 2.40. The Balaban J connectivity index is 2.63. The van der Waals surface area contributed by atoms with Crippen molar-refractivity contribution >= 4 is 0 Å². The molecule has 0 radical (unpaired) electrons. The molecule has 1 aliphatic rings. The van der Waals surface area contributed by atoms with Crippen LogP contribution in [0.15, 0.2) is 0 Å². The number of rotatable bonds is 6. The van der Waals surface area contributed by atoms with Crippen molar-refractivity contribution in [3.05, 3.63) is 0 Å². The zero-order chi connectivity index (χ0) is 12.0. The van der Waals surface area contributed by atoms with Crippen LogP contribution in [0.3, 0.4) is 0 Å². The maximum absolute atomic E-state index is 9.76. The molecule has 0 saturated heterocycles. The first-order chi connectivity index (χ1) is 7.66. The molecule has 0 spiro atoms. The molecule has 0 aromatic heterocycles. The molecule has 2 atom stereocenters.